The van der Waals surface area contributed by atoms with Crippen LogP contribution in [0.1, 0.15) is 22.8 Å². The Balaban J connectivity index is 2.34. The third-order valence-corrected chi connectivity index (χ3v) is 3.49. The number of carbonyl (C=O) groups excluding carboxylic acids is 1. The summed E-state index contributed by atoms with van der Waals surface area (Å²) in [4.78, 5) is 25.4. The topological polar surface area (TPSA) is 57.6 Å². The van der Waals surface area contributed by atoms with Crippen molar-refractivity contribution in [3.8, 4) is 0 Å². The molecule has 114 valence electrons. The van der Waals surface area contributed by atoms with Crippen LogP contribution < -0.4 is 4.90 Å². The lowest BCUT2D eigenvalue weighted by atomic mass is 10.1. The predicted molar refractivity (Wildman–Crippen MR) is 86.1 cm³/mol. The highest BCUT2D eigenvalue weighted by Crippen LogP contribution is 2.20. The smallest absolute Gasteiger partial charge is 0.308 e. The highest BCUT2D eigenvalue weighted by molar-refractivity contribution is 6.06. The third kappa shape index (κ3) is 3.73. The normalized spacial score (nSPS) is 11.7. The maximum atomic E-state index is 12.7. The van der Waals surface area contributed by atoms with Gasteiger partial charge in [-0.2, -0.15) is 0 Å². The van der Waals surface area contributed by atoms with Crippen LogP contribution in [0.3, 0.4) is 0 Å². The van der Waals surface area contributed by atoms with Gasteiger partial charge in [0.15, 0.2) is 0 Å². The van der Waals surface area contributed by atoms with E-state index in [4.69, 9.17) is 5.11 Å². The van der Waals surface area contributed by atoms with Crippen molar-refractivity contribution in [3.05, 3.63) is 65.7 Å². The number of carboxylic acid groups (broad SMARTS) is 1. The van der Waals surface area contributed by atoms with E-state index >= 15 is 0 Å². The van der Waals surface area contributed by atoms with E-state index in [9.17, 15) is 9.59 Å². The summed E-state index contributed by atoms with van der Waals surface area (Å²) in [5, 5.41) is 9.14. The van der Waals surface area contributed by atoms with Crippen LogP contribution in [0.2, 0.25) is 0 Å². The van der Waals surface area contributed by atoms with Crippen molar-refractivity contribution in [2.24, 2.45) is 5.92 Å². The molecule has 1 unspecified atom stereocenters. The van der Waals surface area contributed by atoms with Crippen molar-refractivity contribution in [1.82, 2.24) is 0 Å². The van der Waals surface area contributed by atoms with Gasteiger partial charge in [0.25, 0.3) is 5.91 Å². The number of amides is 1. The molecule has 0 saturated carbocycles. The molecule has 0 aromatic heterocycles. The molecule has 4 nitrogen and oxygen atoms in total. The molecule has 0 aliphatic carbocycles. The Labute approximate surface area is 130 Å². The molecule has 0 fully saturated rings. The summed E-state index contributed by atoms with van der Waals surface area (Å²) in [7, 11) is 0. The zero-order valence-corrected chi connectivity index (χ0v) is 12.7. The van der Waals surface area contributed by atoms with E-state index in [0.717, 1.165) is 5.56 Å². The summed E-state index contributed by atoms with van der Waals surface area (Å²) in [6.45, 7) is 3.70. The van der Waals surface area contributed by atoms with E-state index in [2.05, 4.69) is 0 Å². The maximum Gasteiger partial charge on any atom is 0.308 e. The molecular formula is C18H19NO3. The molecule has 2 rings (SSSR count). The second-order valence-electron chi connectivity index (χ2n) is 5.36. The zero-order chi connectivity index (χ0) is 16.1. The Morgan fingerprint density at radius 1 is 1.05 bits per heavy atom. The molecule has 1 atom stereocenters. The van der Waals surface area contributed by atoms with Crippen LogP contribution in [-0.2, 0) is 4.79 Å². The second kappa shape index (κ2) is 6.89. The van der Waals surface area contributed by atoms with Crippen LogP contribution in [0.15, 0.2) is 54.6 Å². The first-order valence-electron chi connectivity index (χ1n) is 7.15. The van der Waals surface area contributed by atoms with Gasteiger partial charge in [0.05, 0.1) is 5.92 Å². The van der Waals surface area contributed by atoms with Gasteiger partial charge in [-0.25, -0.2) is 0 Å². The molecule has 0 aliphatic rings. The highest BCUT2D eigenvalue weighted by Gasteiger charge is 2.22. The Morgan fingerprint density at radius 2 is 1.64 bits per heavy atom. The van der Waals surface area contributed by atoms with Crippen molar-refractivity contribution >= 4 is 17.6 Å². The van der Waals surface area contributed by atoms with Gasteiger partial charge in [0.2, 0.25) is 0 Å². The number of anilines is 1. The van der Waals surface area contributed by atoms with Gasteiger partial charge in [-0.15, -0.1) is 0 Å². The number of aliphatic carboxylic acids is 1. The first-order valence-corrected chi connectivity index (χ1v) is 7.15. The number of carbonyl (C=O) groups is 2. The van der Waals surface area contributed by atoms with Gasteiger partial charge < -0.3 is 10.0 Å². The summed E-state index contributed by atoms with van der Waals surface area (Å²) in [5.41, 5.74) is 2.33. The van der Waals surface area contributed by atoms with Crippen molar-refractivity contribution in [1.29, 1.82) is 0 Å². The van der Waals surface area contributed by atoms with Gasteiger partial charge in [-0.1, -0.05) is 42.8 Å². The minimum absolute atomic E-state index is 0.131. The van der Waals surface area contributed by atoms with Crippen molar-refractivity contribution in [3.63, 3.8) is 0 Å². The molecule has 0 saturated heterocycles. The minimum Gasteiger partial charge on any atom is -0.481 e. The molecule has 1 N–H and O–H groups in total. The van der Waals surface area contributed by atoms with Crippen LogP contribution in [0.4, 0.5) is 5.69 Å². The second-order valence-corrected chi connectivity index (χ2v) is 5.36. The lowest BCUT2D eigenvalue weighted by Crippen LogP contribution is -2.37. The van der Waals surface area contributed by atoms with E-state index in [1.165, 1.54) is 4.90 Å². The number of nitrogens with zero attached hydrogens (tertiary/aromatic N) is 1. The van der Waals surface area contributed by atoms with E-state index in [1.807, 2.05) is 37.3 Å². The van der Waals surface area contributed by atoms with Gasteiger partial charge in [-0.3, -0.25) is 9.59 Å². The molecule has 0 heterocycles. The molecule has 22 heavy (non-hydrogen) atoms. The van der Waals surface area contributed by atoms with Gasteiger partial charge in [0, 0.05) is 17.8 Å². The quantitative estimate of drug-likeness (QED) is 0.920. The molecule has 0 aliphatic heterocycles. The number of hydrogen-bond donors (Lipinski definition) is 1. The lowest BCUT2D eigenvalue weighted by Gasteiger charge is -2.25. The molecule has 1 amide bonds. The number of benzene rings is 2. The van der Waals surface area contributed by atoms with E-state index in [0.29, 0.717) is 11.3 Å². The first kappa shape index (κ1) is 15.8. The fraction of sp³-hybridized carbons (Fsp3) is 0.222. The largest absolute Gasteiger partial charge is 0.481 e. The molecule has 4 heteroatoms. The predicted octanol–water partition coefficient (Wildman–Crippen LogP) is 3.36. The van der Waals surface area contributed by atoms with Crippen LogP contribution in [0, 0.1) is 12.8 Å². The number of aryl methyl sites for hydroxylation is 1. The Hall–Kier alpha value is -2.62. The monoisotopic (exact) mass is 297 g/mol. The van der Waals surface area contributed by atoms with Crippen molar-refractivity contribution < 1.29 is 14.7 Å². The average molecular weight is 297 g/mol. The molecule has 0 bridgehead atoms. The highest BCUT2D eigenvalue weighted by atomic mass is 16.4. The van der Waals surface area contributed by atoms with Gasteiger partial charge in [-0.05, 0) is 31.2 Å². The SMILES string of the molecule is Cc1ccc(N(CC(C)C(=O)O)C(=O)c2ccccc2)cc1. The van der Waals surface area contributed by atoms with E-state index in [1.54, 1.807) is 31.2 Å². The average Bonchev–Trinajstić information content (AvgIpc) is 2.53. The fourth-order valence-corrected chi connectivity index (χ4v) is 2.12. The Bertz CT molecular complexity index is 650. The molecule has 2 aromatic carbocycles. The van der Waals surface area contributed by atoms with E-state index < -0.39 is 11.9 Å². The fourth-order valence-electron chi connectivity index (χ4n) is 2.12. The molecular weight excluding hydrogens is 278 g/mol. The summed E-state index contributed by atoms with van der Waals surface area (Å²) < 4.78 is 0. The van der Waals surface area contributed by atoms with Crippen LogP contribution in [-0.4, -0.2) is 23.5 Å². The summed E-state index contributed by atoms with van der Waals surface area (Å²) in [5.74, 6) is -1.76. The van der Waals surface area contributed by atoms with Gasteiger partial charge in [0.1, 0.15) is 0 Å². The number of hydrogen-bond acceptors (Lipinski definition) is 2. The standard InChI is InChI=1S/C18H19NO3/c1-13-8-10-16(11-9-13)19(12-14(2)18(21)22)17(20)15-6-4-3-5-7-15/h3-11,14H,12H2,1-2H3,(H,21,22). The third-order valence-electron chi connectivity index (χ3n) is 3.49. The van der Waals surface area contributed by atoms with Crippen molar-refractivity contribution in [2.45, 2.75) is 13.8 Å². The molecule has 0 spiro atoms. The lowest BCUT2D eigenvalue weighted by molar-refractivity contribution is -0.140. The summed E-state index contributed by atoms with van der Waals surface area (Å²) in [6, 6.07) is 16.4. The van der Waals surface area contributed by atoms with Crippen molar-refractivity contribution in [2.75, 3.05) is 11.4 Å². The zero-order valence-electron chi connectivity index (χ0n) is 12.7. The van der Waals surface area contributed by atoms with Gasteiger partial charge >= 0.3 is 5.97 Å². The minimum atomic E-state index is -0.919. The van der Waals surface area contributed by atoms with Crippen LogP contribution >= 0.6 is 0 Å². The van der Waals surface area contributed by atoms with Crippen LogP contribution in [0.25, 0.3) is 0 Å². The summed E-state index contributed by atoms with van der Waals surface area (Å²) in [6.07, 6.45) is 0. The molecule has 0 radical (unpaired) electrons. The summed E-state index contributed by atoms with van der Waals surface area (Å²) >= 11 is 0. The first-order chi connectivity index (χ1) is 10.5. The maximum absolute atomic E-state index is 12.7. The molecule has 2 aromatic rings. The Kier molecular flexibility index (Phi) is 4.94. The number of carboxylic acids is 1. The van der Waals surface area contributed by atoms with E-state index in [-0.39, 0.29) is 12.5 Å². The van der Waals surface area contributed by atoms with Crippen LogP contribution in [0.5, 0.6) is 0 Å². The number of rotatable bonds is 5. The Morgan fingerprint density at radius 3 is 2.18 bits per heavy atom.